The van der Waals surface area contributed by atoms with E-state index >= 15 is 0 Å². The third kappa shape index (κ3) is 7.84. The zero-order valence-corrected chi connectivity index (χ0v) is 29.4. The van der Waals surface area contributed by atoms with Gasteiger partial charge in [-0.2, -0.15) is 8.42 Å². The number of anilines is 4. The molecule has 270 valence electrons. The molecule has 11 nitrogen and oxygen atoms in total. The molecule has 7 rings (SSSR count). The number of para-hydroxylation sites is 4. The van der Waals surface area contributed by atoms with Gasteiger partial charge >= 0.3 is 0 Å². The van der Waals surface area contributed by atoms with E-state index in [4.69, 9.17) is 41.9 Å². The summed E-state index contributed by atoms with van der Waals surface area (Å²) in [5, 5.41) is 0. The predicted octanol–water partition coefficient (Wildman–Crippen LogP) is 9.77. The Morgan fingerprint density at radius 1 is 0.444 bits per heavy atom. The van der Waals surface area contributed by atoms with E-state index in [2.05, 4.69) is 0 Å². The van der Waals surface area contributed by atoms with E-state index in [0.29, 0.717) is 68.2 Å². The van der Waals surface area contributed by atoms with Crippen molar-refractivity contribution in [1.29, 1.82) is 0 Å². The lowest BCUT2D eigenvalue weighted by Gasteiger charge is -2.22. The average molecular weight is 739 g/mol. The topological polar surface area (TPSA) is 195 Å². The molecule has 54 heavy (non-hydrogen) atoms. The number of rotatable bonds is 11. The average Bonchev–Trinajstić information content (AvgIpc) is 3.16. The summed E-state index contributed by atoms with van der Waals surface area (Å²) < 4.78 is 62.7. The van der Waals surface area contributed by atoms with Crippen LogP contribution in [0.1, 0.15) is 0 Å². The molecule has 12 heteroatoms. The molecule has 0 spiro atoms. The number of hydrogen-bond donors (Lipinski definition) is 5. The van der Waals surface area contributed by atoms with Crippen molar-refractivity contribution in [3.63, 3.8) is 0 Å². The van der Waals surface area contributed by atoms with E-state index in [1.165, 1.54) is 6.07 Å². The van der Waals surface area contributed by atoms with Crippen LogP contribution in [0.4, 0.5) is 22.7 Å². The summed E-state index contributed by atoms with van der Waals surface area (Å²) >= 11 is 0. The molecule has 0 saturated carbocycles. The van der Waals surface area contributed by atoms with Crippen LogP contribution in [-0.4, -0.2) is 13.0 Å². The summed E-state index contributed by atoms with van der Waals surface area (Å²) in [6.45, 7) is 0. The summed E-state index contributed by atoms with van der Waals surface area (Å²) in [4.78, 5) is -0.533. The summed E-state index contributed by atoms with van der Waals surface area (Å²) in [5.74, 6) is 2.39. The van der Waals surface area contributed by atoms with E-state index in [1.54, 1.807) is 133 Å². The van der Waals surface area contributed by atoms with Crippen LogP contribution in [-0.2, 0) is 10.1 Å². The summed E-state index contributed by atoms with van der Waals surface area (Å²) in [6.07, 6.45) is 0. The van der Waals surface area contributed by atoms with Crippen molar-refractivity contribution in [1.82, 2.24) is 0 Å². The van der Waals surface area contributed by atoms with Crippen LogP contribution < -0.4 is 41.9 Å². The Kier molecular flexibility index (Phi) is 9.69. The Morgan fingerprint density at radius 3 is 1.28 bits per heavy atom. The predicted molar refractivity (Wildman–Crippen MR) is 211 cm³/mol. The second-order valence-electron chi connectivity index (χ2n) is 12.1. The molecular formula is C42H34N4O7S. The molecule has 9 N–H and O–H groups in total. The standard InChI is InChI=1S/C42H34N4O7S/c43-28-13-21-32(22-14-28)52-39-25-34(26-9-17-30(18-10-26)50-37-7-3-1-5-35(37)45)41(53-33-23-15-29(44)16-24-33)40(42(39)54(47,48)49)27-11-19-31(20-12-27)51-38-8-4-2-6-36(38)46/h1-25H,43-46H2,(H,47,48,49). The van der Waals surface area contributed by atoms with Crippen LogP contribution in [0, 0.1) is 0 Å². The van der Waals surface area contributed by atoms with Gasteiger partial charge in [0.1, 0.15) is 50.9 Å². The monoisotopic (exact) mass is 738 g/mol. The fourth-order valence-corrected chi connectivity index (χ4v) is 6.47. The van der Waals surface area contributed by atoms with Crippen molar-refractivity contribution in [2.45, 2.75) is 4.90 Å². The van der Waals surface area contributed by atoms with Gasteiger partial charge in [-0.1, -0.05) is 48.5 Å². The van der Waals surface area contributed by atoms with Gasteiger partial charge in [-0.15, -0.1) is 0 Å². The molecular weight excluding hydrogens is 705 g/mol. The van der Waals surface area contributed by atoms with Crippen molar-refractivity contribution in [2.75, 3.05) is 22.9 Å². The molecule has 0 heterocycles. The van der Waals surface area contributed by atoms with Gasteiger partial charge < -0.3 is 41.9 Å². The number of hydrogen-bond acceptors (Lipinski definition) is 10. The van der Waals surface area contributed by atoms with Crippen LogP contribution in [0.25, 0.3) is 22.3 Å². The smallest absolute Gasteiger partial charge is 0.299 e. The quantitative estimate of drug-likeness (QED) is 0.0626. The largest absolute Gasteiger partial charge is 0.456 e. The highest BCUT2D eigenvalue weighted by atomic mass is 32.2. The number of benzene rings is 7. The molecule has 0 aliphatic heterocycles. The molecule has 0 fully saturated rings. The lowest BCUT2D eigenvalue weighted by molar-refractivity contribution is 0.444. The molecule has 7 aromatic rings. The first-order valence-electron chi connectivity index (χ1n) is 16.5. The Balaban J connectivity index is 1.44. The highest BCUT2D eigenvalue weighted by Crippen LogP contribution is 2.51. The van der Waals surface area contributed by atoms with Crippen molar-refractivity contribution in [2.24, 2.45) is 0 Å². The van der Waals surface area contributed by atoms with Gasteiger partial charge in [-0.25, -0.2) is 0 Å². The highest BCUT2D eigenvalue weighted by molar-refractivity contribution is 7.86. The number of nitrogen functional groups attached to an aromatic ring is 4. The molecule has 0 saturated heterocycles. The van der Waals surface area contributed by atoms with Gasteiger partial charge in [0.05, 0.1) is 16.9 Å². The maximum atomic E-state index is 13.5. The van der Waals surface area contributed by atoms with Gasteiger partial charge in [-0.05, 0) is 114 Å². The van der Waals surface area contributed by atoms with Gasteiger partial charge in [0.2, 0.25) is 0 Å². The minimum absolute atomic E-state index is 0.0143. The lowest BCUT2D eigenvalue weighted by Crippen LogP contribution is -2.07. The first-order chi connectivity index (χ1) is 26.0. The van der Waals surface area contributed by atoms with Crippen molar-refractivity contribution in [3.8, 4) is 68.2 Å². The van der Waals surface area contributed by atoms with Gasteiger partial charge in [0.15, 0.2) is 0 Å². The molecule has 0 amide bonds. The van der Waals surface area contributed by atoms with E-state index in [9.17, 15) is 13.0 Å². The van der Waals surface area contributed by atoms with Gasteiger partial charge in [-0.3, -0.25) is 4.55 Å². The molecule has 0 aliphatic rings. The summed E-state index contributed by atoms with van der Waals surface area (Å²) in [5.41, 5.74) is 27.3. The number of nitrogens with two attached hydrogens (primary N) is 4. The Morgan fingerprint density at radius 2 is 0.833 bits per heavy atom. The van der Waals surface area contributed by atoms with Crippen LogP contribution in [0.2, 0.25) is 0 Å². The maximum Gasteiger partial charge on any atom is 0.299 e. The molecule has 7 aromatic carbocycles. The SMILES string of the molecule is Nc1ccc(Oc2cc(-c3ccc(Oc4ccccc4N)cc3)c(Oc3ccc(N)cc3)c(-c3ccc(Oc4ccccc4N)cc3)c2S(=O)(=O)O)cc1. The highest BCUT2D eigenvalue weighted by Gasteiger charge is 2.31. The third-order valence-corrected chi connectivity index (χ3v) is 9.19. The zero-order valence-electron chi connectivity index (χ0n) is 28.5. The molecule has 0 radical (unpaired) electrons. The second kappa shape index (κ2) is 14.8. The fourth-order valence-electron chi connectivity index (χ4n) is 5.65. The van der Waals surface area contributed by atoms with Crippen molar-refractivity contribution in [3.05, 3.63) is 152 Å². The normalized spacial score (nSPS) is 11.1. The van der Waals surface area contributed by atoms with Crippen LogP contribution >= 0.6 is 0 Å². The summed E-state index contributed by atoms with van der Waals surface area (Å²) in [7, 11) is -5.00. The minimum Gasteiger partial charge on any atom is -0.456 e. The maximum absolute atomic E-state index is 13.5. The van der Waals surface area contributed by atoms with E-state index in [1.807, 2.05) is 12.1 Å². The Labute approximate surface area is 311 Å². The zero-order chi connectivity index (χ0) is 37.8. The second-order valence-corrected chi connectivity index (χ2v) is 13.5. The fraction of sp³-hybridized carbons (Fsp3) is 0. The lowest BCUT2D eigenvalue weighted by atomic mass is 9.96. The number of ether oxygens (including phenoxy) is 4. The first-order valence-corrected chi connectivity index (χ1v) is 18.0. The van der Waals surface area contributed by atoms with Crippen molar-refractivity contribution < 1.29 is 31.9 Å². The van der Waals surface area contributed by atoms with E-state index < -0.39 is 15.0 Å². The third-order valence-electron chi connectivity index (χ3n) is 8.27. The van der Waals surface area contributed by atoms with Crippen molar-refractivity contribution >= 4 is 32.9 Å². The molecule has 0 bridgehead atoms. The first kappa shape index (κ1) is 35.3. The van der Waals surface area contributed by atoms with Crippen LogP contribution in [0.15, 0.2) is 157 Å². The Bertz CT molecular complexity index is 2550. The van der Waals surface area contributed by atoms with E-state index in [-0.39, 0.29) is 22.8 Å². The summed E-state index contributed by atoms with van der Waals surface area (Å²) in [6, 6.07) is 42.3. The van der Waals surface area contributed by atoms with Crippen LogP contribution in [0.5, 0.6) is 46.0 Å². The van der Waals surface area contributed by atoms with E-state index in [0.717, 1.165) is 0 Å². The minimum atomic E-state index is -5.00. The molecule has 0 aromatic heterocycles. The van der Waals surface area contributed by atoms with Gasteiger partial charge in [0, 0.05) is 16.9 Å². The molecule has 0 aliphatic carbocycles. The van der Waals surface area contributed by atoms with Crippen LogP contribution in [0.3, 0.4) is 0 Å². The molecule has 0 unspecified atom stereocenters. The van der Waals surface area contributed by atoms with Gasteiger partial charge in [0.25, 0.3) is 10.1 Å². The Hall–Kier alpha value is -7.15. The molecule has 0 atom stereocenters.